The standard InChI is InChI=1S/C22H22N4O2/c1-15-19-8-9-26(14-16-12-24-25(2)13-16)21(28)22(19,10-17(11-23)20(15)27)18-6-4-3-5-7-18/h3-7,10,12-13,15,19H,8-9,14H2,1-2H3/t15-,19-,22+/m0/s1. The molecule has 0 bridgehead atoms. The van der Waals surface area contributed by atoms with E-state index in [1.54, 1.807) is 17.0 Å². The largest absolute Gasteiger partial charge is 0.337 e. The Morgan fingerprint density at radius 1 is 1.29 bits per heavy atom. The van der Waals surface area contributed by atoms with Crippen molar-refractivity contribution in [3.05, 3.63) is 65.5 Å². The summed E-state index contributed by atoms with van der Waals surface area (Å²) in [5.74, 6) is -0.736. The maximum atomic E-state index is 13.8. The van der Waals surface area contributed by atoms with Gasteiger partial charge in [-0.2, -0.15) is 10.4 Å². The fraction of sp³-hybridized carbons (Fsp3) is 0.364. The van der Waals surface area contributed by atoms with Gasteiger partial charge in [0.15, 0.2) is 5.78 Å². The highest BCUT2D eigenvalue weighted by molar-refractivity contribution is 6.06. The van der Waals surface area contributed by atoms with Gasteiger partial charge in [-0.1, -0.05) is 37.3 Å². The van der Waals surface area contributed by atoms with Crippen LogP contribution in [0.2, 0.25) is 0 Å². The number of aryl methyl sites for hydroxylation is 1. The number of piperidine rings is 1. The lowest BCUT2D eigenvalue weighted by atomic mass is 9.57. The number of ketones is 1. The minimum Gasteiger partial charge on any atom is -0.337 e. The Hall–Kier alpha value is -3.20. The van der Waals surface area contributed by atoms with Crippen LogP contribution in [-0.4, -0.2) is 32.9 Å². The Labute approximate surface area is 164 Å². The highest BCUT2D eigenvalue weighted by Crippen LogP contribution is 2.49. The molecular weight excluding hydrogens is 352 g/mol. The van der Waals surface area contributed by atoms with Gasteiger partial charge in [0.1, 0.15) is 6.07 Å². The van der Waals surface area contributed by atoms with Gasteiger partial charge in [-0.15, -0.1) is 0 Å². The highest BCUT2D eigenvalue weighted by Gasteiger charge is 2.56. The molecule has 6 nitrogen and oxygen atoms in total. The molecule has 28 heavy (non-hydrogen) atoms. The number of rotatable bonds is 3. The predicted molar refractivity (Wildman–Crippen MR) is 103 cm³/mol. The number of amides is 1. The molecule has 1 aliphatic heterocycles. The quantitative estimate of drug-likeness (QED) is 0.826. The van der Waals surface area contributed by atoms with E-state index in [9.17, 15) is 14.9 Å². The summed E-state index contributed by atoms with van der Waals surface area (Å²) in [7, 11) is 1.85. The maximum absolute atomic E-state index is 13.8. The number of benzene rings is 1. The number of carbonyl (C=O) groups excluding carboxylic acids is 2. The molecule has 3 atom stereocenters. The minimum atomic E-state index is -0.986. The van der Waals surface area contributed by atoms with Crippen molar-refractivity contribution in [1.29, 1.82) is 5.26 Å². The van der Waals surface area contributed by atoms with Gasteiger partial charge in [0, 0.05) is 37.8 Å². The first-order valence-electron chi connectivity index (χ1n) is 9.47. The molecule has 2 heterocycles. The number of hydrogen-bond acceptors (Lipinski definition) is 4. The van der Waals surface area contributed by atoms with Crippen molar-refractivity contribution < 1.29 is 9.59 Å². The molecule has 1 aromatic heterocycles. The average molecular weight is 374 g/mol. The smallest absolute Gasteiger partial charge is 0.237 e. The molecule has 2 aromatic rings. The fourth-order valence-corrected chi connectivity index (χ4v) is 4.73. The second-order valence-electron chi connectivity index (χ2n) is 7.70. The highest BCUT2D eigenvalue weighted by atomic mass is 16.2. The van der Waals surface area contributed by atoms with Crippen LogP contribution in [0.3, 0.4) is 0 Å². The van der Waals surface area contributed by atoms with Crippen molar-refractivity contribution >= 4 is 11.7 Å². The Bertz CT molecular complexity index is 1000. The average Bonchev–Trinajstić information content (AvgIpc) is 3.12. The lowest BCUT2D eigenvalue weighted by Crippen LogP contribution is -2.59. The van der Waals surface area contributed by atoms with Crippen LogP contribution >= 0.6 is 0 Å². The normalized spacial score (nSPS) is 27.2. The predicted octanol–water partition coefficient (Wildman–Crippen LogP) is 2.38. The van der Waals surface area contributed by atoms with Crippen LogP contribution in [0.1, 0.15) is 24.5 Å². The third-order valence-corrected chi connectivity index (χ3v) is 6.09. The molecule has 0 saturated carbocycles. The van der Waals surface area contributed by atoms with Crippen molar-refractivity contribution in [2.75, 3.05) is 6.54 Å². The minimum absolute atomic E-state index is 0.0501. The summed E-state index contributed by atoms with van der Waals surface area (Å²) in [6.07, 6.45) is 6.01. The number of aromatic nitrogens is 2. The summed E-state index contributed by atoms with van der Waals surface area (Å²) in [5, 5.41) is 13.7. The van der Waals surface area contributed by atoms with Gasteiger partial charge in [-0.05, 0) is 24.0 Å². The third-order valence-electron chi connectivity index (χ3n) is 6.09. The number of Topliss-reactive ketones (excluding diaryl/α,β-unsaturated/α-hetero) is 1. The van der Waals surface area contributed by atoms with Crippen LogP contribution in [-0.2, 0) is 28.6 Å². The second-order valence-corrected chi connectivity index (χ2v) is 7.70. The van der Waals surface area contributed by atoms with Crippen molar-refractivity contribution in [3.8, 4) is 6.07 Å². The van der Waals surface area contributed by atoms with Gasteiger partial charge in [-0.3, -0.25) is 14.3 Å². The van der Waals surface area contributed by atoms with E-state index in [2.05, 4.69) is 5.10 Å². The molecule has 142 valence electrons. The van der Waals surface area contributed by atoms with Crippen LogP contribution in [0.4, 0.5) is 0 Å². The molecule has 0 N–H and O–H groups in total. The van der Waals surface area contributed by atoms with Gasteiger partial charge in [-0.25, -0.2) is 0 Å². The first kappa shape index (κ1) is 18.2. The number of hydrogen-bond donors (Lipinski definition) is 0. The molecule has 4 rings (SSSR count). The van der Waals surface area contributed by atoms with Crippen molar-refractivity contribution in [1.82, 2.24) is 14.7 Å². The summed E-state index contributed by atoms with van der Waals surface area (Å²) < 4.78 is 1.72. The Morgan fingerprint density at radius 3 is 2.68 bits per heavy atom. The third kappa shape index (κ3) is 2.66. The monoisotopic (exact) mass is 374 g/mol. The number of nitriles is 1. The molecular formula is C22H22N4O2. The van der Waals surface area contributed by atoms with E-state index in [4.69, 9.17) is 0 Å². The Kier molecular flexibility index (Phi) is 4.38. The molecule has 6 heteroatoms. The molecule has 0 spiro atoms. The SMILES string of the molecule is C[C@@H]1C(=O)C(C#N)=C[C@]2(c3ccccc3)C(=O)N(Cc3cnn(C)c3)CC[C@@H]12. The molecule has 2 aliphatic rings. The van der Waals surface area contributed by atoms with Gasteiger partial charge in [0.25, 0.3) is 0 Å². The van der Waals surface area contributed by atoms with E-state index in [0.29, 0.717) is 19.5 Å². The van der Waals surface area contributed by atoms with Crippen LogP contribution < -0.4 is 0 Å². The van der Waals surface area contributed by atoms with Crippen LogP contribution in [0.15, 0.2) is 54.4 Å². The number of fused-ring (bicyclic) bond motifs is 1. The van der Waals surface area contributed by atoms with E-state index < -0.39 is 5.41 Å². The number of carbonyl (C=O) groups is 2. The molecule has 0 radical (unpaired) electrons. The molecule has 1 saturated heterocycles. The summed E-state index contributed by atoms with van der Waals surface area (Å²) in [5.41, 5.74) is 0.902. The van der Waals surface area contributed by atoms with Crippen LogP contribution in [0.5, 0.6) is 0 Å². The summed E-state index contributed by atoms with van der Waals surface area (Å²) in [4.78, 5) is 28.3. The summed E-state index contributed by atoms with van der Waals surface area (Å²) in [6, 6.07) is 11.6. The molecule has 1 aliphatic carbocycles. The molecule has 1 aromatic carbocycles. The van der Waals surface area contributed by atoms with Crippen molar-refractivity contribution in [2.45, 2.75) is 25.3 Å². The zero-order valence-electron chi connectivity index (χ0n) is 16.0. The number of allylic oxidation sites excluding steroid dienone is 1. The number of likely N-dealkylation sites (tertiary alicyclic amines) is 1. The van der Waals surface area contributed by atoms with E-state index in [1.807, 2.05) is 61.5 Å². The van der Waals surface area contributed by atoms with Gasteiger partial charge >= 0.3 is 0 Å². The second kappa shape index (κ2) is 6.75. The van der Waals surface area contributed by atoms with E-state index in [0.717, 1.165) is 11.1 Å². The zero-order valence-corrected chi connectivity index (χ0v) is 16.0. The first-order chi connectivity index (χ1) is 13.5. The lowest BCUT2D eigenvalue weighted by Gasteiger charge is -2.49. The maximum Gasteiger partial charge on any atom is 0.237 e. The zero-order chi connectivity index (χ0) is 19.9. The fourth-order valence-electron chi connectivity index (χ4n) is 4.73. The first-order valence-corrected chi connectivity index (χ1v) is 9.47. The van der Waals surface area contributed by atoms with Crippen LogP contribution in [0.25, 0.3) is 0 Å². The Balaban J connectivity index is 1.84. The van der Waals surface area contributed by atoms with Crippen molar-refractivity contribution in [3.63, 3.8) is 0 Å². The number of nitrogens with zero attached hydrogens (tertiary/aromatic N) is 4. The van der Waals surface area contributed by atoms with Crippen molar-refractivity contribution in [2.24, 2.45) is 18.9 Å². The molecule has 1 fully saturated rings. The van der Waals surface area contributed by atoms with Gasteiger partial charge < -0.3 is 4.90 Å². The molecule has 0 unspecified atom stereocenters. The lowest BCUT2D eigenvalue weighted by molar-refractivity contribution is -0.145. The van der Waals surface area contributed by atoms with E-state index in [-0.39, 0.29) is 29.1 Å². The summed E-state index contributed by atoms with van der Waals surface area (Å²) >= 11 is 0. The topological polar surface area (TPSA) is 79.0 Å². The Morgan fingerprint density at radius 2 is 2.04 bits per heavy atom. The van der Waals surface area contributed by atoms with Gasteiger partial charge in [0.05, 0.1) is 17.2 Å². The summed E-state index contributed by atoms with van der Waals surface area (Å²) in [6.45, 7) is 2.89. The molecule has 1 amide bonds. The van der Waals surface area contributed by atoms with Crippen LogP contribution in [0, 0.1) is 23.2 Å². The van der Waals surface area contributed by atoms with E-state index >= 15 is 0 Å². The van der Waals surface area contributed by atoms with E-state index in [1.165, 1.54) is 0 Å². The van der Waals surface area contributed by atoms with Gasteiger partial charge in [0.2, 0.25) is 5.91 Å².